The Morgan fingerprint density at radius 2 is 1.00 bits per heavy atom. The number of hydrogen-bond donors (Lipinski definition) is 0. The molecule has 5 nitrogen and oxygen atoms in total. The molecular formula is C49H30N2O3. The zero-order valence-electron chi connectivity index (χ0n) is 28.9. The standard InChI is InChI=1S/C49H30N2O3/c1-2-11-31(12-3-1)33-13-8-14-35(29-33)51(36-27-28-39-38-15-4-6-20-43(38)53-46(39)30-36)34-25-23-32(24-26-34)37-17-9-19-42-48(37)54-49(50-42)41-18-10-22-45-47(41)40-16-5-7-21-44(40)52-45/h1-30H. The summed E-state index contributed by atoms with van der Waals surface area (Å²) in [5.74, 6) is 0.566. The highest BCUT2D eigenvalue weighted by Crippen LogP contribution is 2.42. The highest BCUT2D eigenvalue weighted by Gasteiger charge is 2.20. The van der Waals surface area contributed by atoms with Crippen molar-refractivity contribution in [2.45, 2.75) is 0 Å². The maximum absolute atomic E-state index is 6.63. The minimum atomic E-state index is 0.566. The average molecular weight is 695 g/mol. The number of benzene rings is 8. The molecule has 0 aliphatic carbocycles. The van der Waals surface area contributed by atoms with Crippen LogP contribution in [0, 0.1) is 0 Å². The summed E-state index contributed by atoms with van der Waals surface area (Å²) in [4.78, 5) is 7.26. The third-order valence-electron chi connectivity index (χ3n) is 10.3. The third-order valence-corrected chi connectivity index (χ3v) is 10.3. The first-order valence-electron chi connectivity index (χ1n) is 18.0. The van der Waals surface area contributed by atoms with Crippen LogP contribution in [0.2, 0.25) is 0 Å². The molecule has 5 heteroatoms. The summed E-state index contributed by atoms with van der Waals surface area (Å²) in [6.45, 7) is 0. The fraction of sp³-hybridized carbons (Fsp3) is 0. The Kier molecular flexibility index (Phi) is 6.79. The summed E-state index contributed by atoms with van der Waals surface area (Å²) >= 11 is 0. The molecule has 0 saturated heterocycles. The summed E-state index contributed by atoms with van der Waals surface area (Å²) < 4.78 is 19.1. The fourth-order valence-electron chi connectivity index (χ4n) is 7.79. The molecule has 11 rings (SSSR count). The van der Waals surface area contributed by atoms with E-state index in [9.17, 15) is 0 Å². The number of furan rings is 2. The maximum Gasteiger partial charge on any atom is 0.228 e. The van der Waals surface area contributed by atoms with Crippen LogP contribution in [0.1, 0.15) is 0 Å². The van der Waals surface area contributed by atoms with E-state index >= 15 is 0 Å². The Hall–Kier alpha value is -7.37. The van der Waals surface area contributed by atoms with Gasteiger partial charge < -0.3 is 18.2 Å². The highest BCUT2D eigenvalue weighted by atomic mass is 16.4. The summed E-state index contributed by atoms with van der Waals surface area (Å²) in [6, 6.07) is 62.7. The van der Waals surface area contributed by atoms with E-state index in [1.165, 1.54) is 5.56 Å². The van der Waals surface area contributed by atoms with Gasteiger partial charge in [-0.05, 0) is 83.4 Å². The Balaban J connectivity index is 1.02. The van der Waals surface area contributed by atoms with Gasteiger partial charge in [-0.25, -0.2) is 4.98 Å². The van der Waals surface area contributed by atoms with Crippen molar-refractivity contribution in [2.75, 3.05) is 4.90 Å². The molecule has 0 spiro atoms. The van der Waals surface area contributed by atoms with Crippen LogP contribution in [-0.4, -0.2) is 4.98 Å². The van der Waals surface area contributed by atoms with Gasteiger partial charge in [0.05, 0.1) is 0 Å². The Bertz CT molecular complexity index is 3170. The fourth-order valence-corrected chi connectivity index (χ4v) is 7.79. The van der Waals surface area contributed by atoms with Gasteiger partial charge in [0.1, 0.15) is 27.8 Å². The van der Waals surface area contributed by atoms with Gasteiger partial charge in [0.2, 0.25) is 5.89 Å². The van der Waals surface area contributed by atoms with Gasteiger partial charge >= 0.3 is 0 Å². The van der Waals surface area contributed by atoms with Crippen molar-refractivity contribution in [3.05, 3.63) is 182 Å². The second kappa shape index (κ2) is 12.1. The lowest BCUT2D eigenvalue weighted by molar-refractivity contribution is 0.621. The number of nitrogens with zero attached hydrogens (tertiary/aromatic N) is 2. The number of hydrogen-bond acceptors (Lipinski definition) is 5. The summed E-state index contributed by atoms with van der Waals surface area (Å²) in [7, 11) is 0. The number of fused-ring (bicyclic) bond motifs is 7. The second-order valence-corrected chi connectivity index (χ2v) is 13.5. The number of oxazole rings is 1. The van der Waals surface area contributed by atoms with Crippen molar-refractivity contribution in [2.24, 2.45) is 0 Å². The molecular weight excluding hydrogens is 665 g/mol. The first kappa shape index (κ1) is 30.3. The Labute approximate surface area is 309 Å². The van der Waals surface area contributed by atoms with Crippen molar-refractivity contribution in [3.8, 4) is 33.7 Å². The Morgan fingerprint density at radius 1 is 0.370 bits per heavy atom. The van der Waals surface area contributed by atoms with Gasteiger partial charge in [-0.15, -0.1) is 0 Å². The van der Waals surface area contributed by atoms with E-state index in [0.717, 1.165) is 94.3 Å². The molecule has 254 valence electrons. The van der Waals surface area contributed by atoms with E-state index < -0.39 is 0 Å². The number of rotatable bonds is 6. The smallest absolute Gasteiger partial charge is 0.228 e. The van der Waals surface area contributed by atoms with E-state index in [-0.39, 0.29) is 0 Å². The average Bonchev–Trinajstić information content (AvgIpc) is 3.95. The molecule has 0 atom stereocenters. The molecule has 0 unspecified atom stereocenters. The molecule has 3 aromatic heterocycles. The van der Waals surface area contributed by atoms with Crippen LogP contribution in [0.15, 0.2) is 195 Å². The molecule has 0 amide bonds. The molecule has 11 aromatic rings. The normalized spacial score (nSPS) is 11.7. The van der Waals surface area contributed by atoms with Crippen LogP contribution in [0.3, 0.4) is 0 Å². The predicted octanol–water partition coefficient (Wildman–Crippen LogP) is 14.1. The lowest BCUT2D eigenvalue weighted by atomic mass is 10.0. The van der Waals surface area contributed by atoms with Gasteiger partial charge in [0, 0.05) is 55.8 Å². The Morgan fingerprint density at radius 3 is 1.87 bits per heavy atom. The van der Waals surface area contributed by atoms with E-state index in [1.807, 2.05) is 66.7 Å². The minimum absolute atomic E-state index is 0.566. The van der Waals surface area contributed by atoms with E-state index in [4.69, 9.17) is 18.2 Å². The van der Waals surface area contributed by atoms with Crippen molar-refractivity contribution in [1.29, 1.82) is 0 Å². The van der Waals surface area contributed by atoms with Crippen LogP contribution in [-0.2, 0) is 0 Å². The molecule has 0 aliphatic rings. The summed E-state index contributed by atoms with van der Waals surface area (Å²) in [5.41, 5.74) is 13.2. The molecule has 0 fully saturated rings. The van der Waals surface area contributed by atoms with Crippen LogP contribution >= 0.6 is 0 Å². The largest absolute Gasteiger partial charge is 0.456 e. The molecule has 0 radical (unpaired) electrons. The van der Waals surface area contributed by atoms with Gasteiger partial charge in [0.15, 0.2) is 5.58 Å². The predicted molar refractivity (Wildman–Crippen MR) is 220 cm³/mol. The number of anilines is 3. The first-order valence-corrected chi connectivity index (χ1v) is 18.0. The molecule has 0 bridgehead atoms. The zero-order chi connectivity index (χ0) is 35.6. The van der Waals surface area contributed by atoms with Crippen LogP contribution in [0.5, 0.6) is 0 Å². The summed E-state index contributed by atoms with van der Waals surface area (Å²) in [6.07, 6.45) is 0. The molecule has 3 heterocycles. The topological polar surface area (TPSA) is 55.6 Å². The minimum Gasteiger partial charge on any atom is -0.456 e. The lowest BCUT2D eigenvalue weighted by Crippen LogP contribution is -2.10. The van der Waals surface area contributed by atoms with E-state index in [0.29, 0.717) is 5.89 Å². The lowest BCUT2D eigenvalue weighted by Gasteiger charge is -2.26. The summed E-state index contributed by atoms with van der Waals surface area (Å²) in [5, 5.41) is 4.25. The molecule has 54 heavy (non-hydrogen) atoms. The quantitative estimate of drug-likeness (QED) is 0.173. The highest BCUT2D eigenvalue weighted by molar-refractivity contribution is 6.12. The maximum atomic E-state index is 6.63. The number of para-hydroxylation sites is 3. The molecule has 0 saturated carbocycles. The van der Waals surface area contributed by atoms with Gasteiger partial charge in [-0.1, -0.05) is 109 Å². The van der Waals surface area contributed by atoms with Crippen molar-refractivity contribution in [1.82, 2.24) is 4.98 Å². The third kappa shape index (κ3) is 4.90. The zero-order valence-corrected chi connectivity index (χ0v) is 28.9. The van der Waals surface area contributed by atoms with Gasteiger partial charge in [-0.2, -0.15) is 0 Å². The van der Waals surface area contributed by atoms with Crippen molar-refractivity contribution < 1.29 is 13.3 Å². The number of aromatic nitrogens is 1. The molecule has 0 N–H and O–H groups in total. The molecule has 8 aromatic carbocycles. The monoisotopic (exact) mass is 694 g/mol. The van der Waals surface area contributed by atoms with Crippen molar-refractivity contribution in [3.63, 3.8) is 0 Å². The van der Waals surface area contributed by atoms with Crippen LogP contribution in [0.25, 0.3) is 88.7 Å². The van der Waals surface area contributed by atoms with E-state index in [1.54, 1.807) is 0 Å². The van der Waals surface area contributed by atoms with Crippen LogP contribution < -0.4 is 4.90 Å². The van der Waals surface area contributed by atoms with Gasteiger partial charge in [0.25, 0.3) is 0 Å². The van der Waals surface area contributed by atoms with Crippen molar-refractivity contribution >= 4 is 72.0 Å². The van der Waals surface area contributed by atoms with Gasteiger partial charge in [-0.3, -0.25) is 0 Å². The second-order valence-electron chi connectivity index (χ2n) is 13.5. The van der Waals surface area contributed by atoms with Crippen LogP contribution in [0.4, 0.5) is 17.1 Å². The molecule has 0 aliphatic heterocycles. The first-order chi connectivity index (χ1) is 26.7. The SMILES string of the molecule is c1ccc(-c2cccc(N(c3ccc(-c4cccc5nc(-c6cccc7oc8ccccc8c67)oc45)cc3)c3ccc4c(c3)oc3ccccc34)c2)cc1. The van der Waals surface area contributed by atoms with E-state index in [2.05, 4.69) is 120 Å².